The molecule has 0 unspecified atom stereocenters. The summed E-state index contributed by atoms with van der Waals surface area (Å²) in [5.74, 6) is 0.410. The van der Waals surface area contributed by atoms with Gasteiger partial charge in [0.15, 0.2) is 5.82 Å². The van der Waals surface area contributed by atoms with Gasteiger partial charge in [-0.15, -0.1) is 0 Å². The Morgan fingerprint density at radius 1 is 1.02 bits per heavy atom. The van der Waals surface area contributed by atoms with Gasteiger partial charge in [0.05, 0.1) is 23.8 Å². The summed E-state index contributed by atoms with van der Waals surface area (Å²) in [6, 6.07) is 23.9. The first-order valence-corrected chi connectivity index (χ1v) is 13.5. The van der Waals surface area contributed by atoms with Crippen molar-refractivity contribution in [3.63, 3.8) is 0 Å². The van der Waals surface area contributed by atoms with Gasteiger partial charge in [-0.1, -0.05) is 36.4 Å². The van der Waals surface area contributed by atoms with Crippen LogP contribution in [0.3, 0.4) is 0 Å². The number of nitrogen functional groups attached to an aromatic ring is 1. The summed E-state index contributed by atoms with van der Waals surface area (Å²) in [7, 11) is 3.99. The van der Waals surface area contributed by atoms with Crippen LogP contribution in [0.15, 0.2) is 78.9 Å². The number of nitrogens with zero attached hydrogens (tertiary/aromatic N) is 3. The Labute approximate surface area is 239 Å². The highest BCUT2D eigenvalue weighted by Gasteiger charge is 2.44. The fourth-order valence-corrected chi connectivity index (χ4v) is 5.11. The van der Waals surface area contributed by atoms with E-state index < -0.39 is 5.54 Å². The highest BCUT2D eigenvalue weighted by atomic mass is 16.2. The SMILES string of the molecule is CN(C)C[C@@H](NC(=O)N1Cc2c(Nc3cccc(NC(=O)c4ccc(N)cc4)c3)n[nH]c2C1(C)C)c1ccccc1. The molecule has 1 atom stereocenters. The summed E-state index contributed by atoms with van der Waals surface area (Å²) in [6.45, 7) is 5.09. The van der Waals surface area contributed by atoms with Gasteiger partial charge in [-0.25, -0.2) is 4.79 Å². The zero-order chi connectivity index (χ0) is 29.1. The second-order valence-electron chi connectivity index (χ2n) is 11.0. The normalized spacial score (nSPS) is 14.4. The Balaban J connectivity index is 1.30. The van der Waals surface area contributed by atoms with Gasteiger partial charge in [0.2, 0.25) is 0 Å². The number of carbonyl (C=O) groups excluding carboxylic acids is 2. The summed E-state index contributed by atoms with van der Waals surface area (Å²) in [5, 5.41) is 17.2. The minimum absolute atomic E-state index is 0.145. The molecule has 212 valence electrons. The molecule has 3 amide bonds. The van der Waals surface area contributed by atoms with Crippen LogP contribution in [0, 0.1) is 0 Å². The van der Waals surface area contributed by atoms with E-state index in [1.54, 1.807) is 24.3 Å². The average Bonchev–Trinajstić information content (AvgIpc) is 3.46. The number of likely N-dealkylation sites (N-methyl/N-ethyl adjacent to an activating group) is 1. The van der Waals surface area contributed by atoms with Crippen LogP contribution in [0.1, 0.15) is 47.1 Å². The Kier molecular flexibility index (Phi) is 7.67. The number of hydrogen-bond donors (Lipinski definition) is 5. The van der Waals surface area contributed by atoms with Crippen molar-refractivity contribution < 1.29 is 9.59 Å². The lowest BCUT2D eigenvalue weighted by molar-refractivity contribution is 0.102. The smallest absolute Gasteiger partial charge is 0.319 e. The van der Waals surface area contributed by atoms with E-state index in [9.17, 15) is 9.59 Å². The second-order valence-corrected chi connectivity index (χ2v) is 11.0. The molecule has 0 saturated heterocycles. The molecule has 0 saturated carbocycles. The lowest BCUT2D eigenvalue weighted by Gasteiger charge is -2.34. The average molecular weight is 553 g/mol. The van der Waals surface area contributed by atoms with Gasteiger partial charge in [-0.05, 0) is 76.0 Å². The Morgan fingerprint density at radius 2 is 1.73 bits per heavy atom. The van der Waals surface area contributed by atoms with E-state index in [1.165, 1.54) is 0 Å². The monoisotopic (exact) mass is 552 g/mol. The van der Waals surface area contributed by atoms with Crippen molar-refractivity contribution in [3.8, 4) is 0 Å². The van der Waals surface area contributed by atoms with Crippen molar-refractivity contribution in [3.05, 3.63) is 101 Å². The zero-order valence-electron chi connectivity index (χ0n) is 23.7. The molecule has 10 nitrogen and oxygen atoms in total. The maximum absolute atomic E-state index is 13.6. The molecular formula is C31H36N8O2. The molecule has 10 heteroatoms. The standard InChI is InChI=1S/C31H36N8O2/c1-31(2)27-25(18-39(31)30(41)35-26(19-38(3)4)20-9-6-5-7-10-20)28(37-36-27)33-23-11-8-12-24(17-23)34-29(40)21-13-15-22(32)16-14-21/h5-17,26H,18-19,32H2,1-4H3,(H,34,40)(H,35,41)(H2,33,36,37)/t26-/m1/s1. The summed E-state index contributed by atoms with van der Waals surface area (Å²) >= 11 is 0. The topological polar surface area (TPSA) is 131 Å². The fraction of sp³-hybridized carbons (Fsp3) is 0.258. The van der Waals surface area contributed by atoms with Gasteiger partial charge < -0.3 is 31.5 Å². The second kappa shape index (κ2) is 11.3. The van der Waals surface area contributed by atoms with Gasteiger partial charge in [-0.3, -0.25) is 9.89 Å². The van der Waals surface area contributed by atoms with Crippen molar-refractivity contribution in [2.75, 3.05) is 37.0 Å². The number of amides is 3. The van der Waals surface area contributed by atoms with E-state index in [0.717, 1.165) is 22.5 Å². The number of hydrogen-bond acceptors (Lipinski definition) is 6. The molecular weight excluding hydrogens is 516 g/mol. The fourth-order valence-electron chi connectivity index (χ4n) is 5.11. The Hall–Kier alpha value is -4.83. The molecule has 3 aromatic carbocycles. The van der Waals surface area contributed by atoms with E-state index in [0.29, 0.717) is 35.8 Å². The van der Waals surface area contributed by atoms with Crippen LogP contribution in [0.2, 0.25) is 0 Å². The maximum atomic E-state index is 13.6. The van der Waals surface area contributed by atoms with Gasteiger partial charge in [0.1, 0.15) is 0 Å². The molecule has 4 aromatic rings. The van der Waals surface area contributed by atoms with Crippen LogP contribution in [-0.4, -0.2) is 52.6 Å². The van der Waals surface area contributed by atoms with Crippen LogP contribution in [0.25, 0.3) is 0 Å². The number of nitrogens with one attached hydrogen (secondary N) is 4. The number of benzene rings is 3. The van der Waals surface area contributed by atoms with E-state index in [-0.39, 0.29) is 18.0 Å². The number of anilines is 4. The highest BCUT2D eigenvalue weighted by molar-refractivity contribution is 6.04. The van der Waals surface area contributed by atoms with Crippen molar-refractivity contribution in [2.24, 2.45) is 0 Å². The third kappa shape index (κ3) is 6.02. The minimum atomic E-state index is -0.597. The Bertz CT molecular complexity index is 1530. The molecule has 41 heavy (non-hydrogen) atoms. The first kappa shape index (κ1) is 27.7. The van der Waals surface area contributed by atoms with Crippen LogP contribution >= 0.6 is 0 Å². The van der Waals surface area contributed by atoms with Crippen LogP contribution in [0.5, 0.6) is 0 Å². The molecule has 5 rings (SSSR count). The first-order valence-electron chi connectivity index (χ1n) is 13.5. The number of carbonyl (C=O) groups is 2. The van der Waals surface area contributed by atoms with E-state index >= 15 is 0 Å². The number of urea groups is 1. The molecule has 2 heterocycles. The van der Waals surface area contributed by atoms with Gasteiger partial charge in [0.25, 0.3) is 5.91 Å². The highest BCUT2D eigenvalue weighted by Crippen LogP contribution is 2.41. The zero-order valence-corrected chi connectivity index (χ0v) is 23.7. The van der Waals surface area contributed by atoms with Crippen molar-refractivity contribution in [1.29, 1.82) is 0 Å². The summed E-state index contributed by atoms with van der Waals surface area (Å²) < 4.78 is 0. The van der Waals surface area contributed by atoms with Crippen molar-refractivity contribution in [1.82, 2.24) is 25.3 Å². The molecule has 1 aliphatic rings. The molecule has 0 radical (unpaired) electrons. The predicted molar refractivity (Wildman–Crippen MR) is 162 cm³/mol. The minimum Gasteiger partial charge on any atom is -0.399 e. The van der Waals surface area contributed by atoms with Gasteiger partial charge >= 0.3 is 6.03 Å². The van der Waals surface area contributed by atoms with E-state index in [4.69, 9.17) is 5.73 Å². The van der Waals surface area contributed by atoms with Crippen LogP contribution < -0.4 is 21.7 Å². The lowest BCUT2D eigenvalue weighted by atomic mass is 10.0. The number of nitrogens with two attached hydrogens (primary N) is 1. The summed E-state index contributed by atoms with van der Waals surface area (Å²) in [5.41, 5.74) is 10.5. The summed E-state index contributed by atoms with van der Waals surface area (Å²) in [4.78, 5) is 30.2. The Morgan fingerprint density at radius 3 is 2.44 bits per heavy atom. The third-order valence-corrected chi connectivity index (χ3v) is 7.32. The number of fused-ring (bicyclic) bond motifs is 1. The molecule has 0 bridgehead atoms. The molecule has 0 aliphatic carbocycles. The molecule has 6 N–H and O–H groups in total. The van der Waals surface area contributed by atoms with E-state index in [1.807, 2.05) is 87.4 Å². The van der Waals surface area contributed by atoms with Gasteiger partial charge in [-0.2, -0.15) is 5.10 Å². The molecule has 0 fully saturated rings. The van der Waals surface area contributed by atoms with E-state index in [2.05, 4.69) is 31.0 Å². The largest absolute Gasteiger partial charge is 0.399 e. The van der Waals surface area contributed by atoms with Gasteiger partial charge in [0, 0.05) is 34.7 Å². The number of rotatable bonds is 8. The van der Waals surface area contributed by atoms with Crippen molar-refractivity contribution in [2.45, 2.75) is 32.0 Å². The molecule has 0 spiro atoms. The maximum Gasteiger partial charge on any atom is 0.319 e. The number of aromatic nitrogens is 2. The third-order valence-electron chi connectivity index (χ3n) is 7.32. The van der Waals surface area contributed by atoms with Crippen molar-refractivity contribution >= 4 is 34.8 Å². The predicted octanol–water partition coefficient (Wildman–Crippen LogP) is 5.05. The number of H-pyrrole nitrogens is 1. The molecule has 1 aliphatic heterocycles. The first-order chi connectivity index (χ1) is 19.6. The molecule has 1 aromatic heterocycles. The quantitative estimate of drug-likeness (QED) is 0.194. The van der Waals surface area contributed by atoms with Crippen LogP contribution in [-0.2, 0) is 12.1 Å². The lowest BCUT2D eigenvalue weighted by Crippen LogP contribution is -2.48. The summed E-state index contributed by atoms with van der Waals surface area (Å²) in [6.07, 6.45) is 0. The van der Waals surface area contributed by atoms with Crippen LogP contribution in [0.4, 0.5) is 27.7 Å². The number of aromatic amines is 1.